The number of fused-ring (bicyclic) bond motifs is 3. The van der Waals surface area contributed by atoms with Crippen molar-refractivity contribution in [2.75, 3.05) is 7.11 Å². The van der Waals surface area contributed by atoms with Crippen LogP contribution < -0.4 is 4.74 Å². The van der Waals surface area contributed by atoms with E-state index in [1.165, 1.54) is 16.2 Å². The summed E-state index contributed by atoms with van der Waals surface area (Å²) in [5, 5.41) is 3.80. The Labute approximate surface area is 123 Å². The molecule has 0 radical (unpaired) electrons. The van der Waals surface area contributed by atoms with Gasteiger partial charge in [0.05, 0.1) is 7.11 Å². The molecule has 1 aromatic heterocycles. The summed E-state index contributed by atoms with van der Waals surface area (Å²) >= 11 is 0. The lowest BCUT2D eigenvalue weighted by molar-refractivity contribution is 0.415. The zero-order valence-electron chi connectivity index (χ0n) is 11.8. The van der Waals surface area contributed by atoms with Crippen LogP contribution in [0, 0.1) is 0 Å². The highest BCUT2D eigenvalue weighted by Crippen LogP contribution is 2.31. The summed E-state index contributed by atoms with van der Waals surface area (Å²) in [6, 6.07) is 23.1. The molecule has 0 saturated carbocycles. The van der Waals surface area contributed by atoms with Crippen LogP contribution in [0.25, 0.3) is 32.9 Å². The average molecular weight is 273 g/mol. The second-order valence-electron chi connectivity index (χ2n) is 5.16. The summed E-state index contributed by atoms with van der Waals surface area (Å²) in [7, 11) is 1.69. The van der Waals surface area contributed by atoms with E-state index in [9.17, 15) is 0 Å². The molecule has 0 saturated heterocycles. The van der Waals surface area contributed by atoms with Gasteiger partial charge in [0.2, 0.25) is 0 Å². The molecule has 0 aliphatic carbocycles. The van der Waals surface area contributed by atoms with E-state index >= 15 is 0 Å². The fourth-order valence-corrected chi connectivity index (χ4v) is 2.83. The summed E-state index contributed by atoms with van der Waals surface area (Å²) < 4.78 is 5.31. The molecule has 2 heteroatoms. The van der Waals surface area contributed by atoms with Crippen LogP contribution in [0.5, 0.6) is 5.75 Å². The standard InChI is InChI=1S/C19H15NO/c1-21-15-7-4-6-14(11-15)19-12-17-16-8-3-2-5-13(16)9-10-18(17)20-19/h2-12,20H,1H3. The summed E-state index contributed by atoms with van der Waals surface area (Å²) in [5.74, 6) is 0.871. The van der Waals surface area contributed by atoms with Gasteiger partial charge in [-0.25, -0.2) is 0 Å². The van der Waals surface area contributed by atoms with Crippen LogP contribution >= 0.6 is 0 Å². The van der Waals surface area contributed by atoms with Crippen LogP contribution in [0.4, 0.5) is 0 Å². The predicted octanol–water partition coefficient (Wildman–Crippen LogP) is 5.00. The van der Waals surface area contributed by atoms with E-state index in [2.05, 4.69) is 53.5 Å². The number of rotatable bonds is 2. The van der Waals surface area contributed by atoms with Crippen molar-refractivity contribution >= 4 is 21.7 Å². The van der Waals surface area contributed by atoms with Crippen LogP contribution in [0.1, 0.15) is 0 Å². The Morgan fingerprint density at radius 1 is 0.810 bits per heavy atom. The second-order valence-corrected chi connectivity index (χ2v) is 5.16. The quantitative estimate of drug-likeness (QED) is 0.546. The third kappa shape index (κ3) is 1.96. The van der Waals surface area contributed by atoms with Gasteiger partial charge in [0.25, 0.3) is 0 Å². The molecule has 0 spiro atoms. The number of ether oxygens (including phenoxy) is 1. The largest absolute Gasteiger partial charge is 0.497 e. The molecule has 0 amide bonds. The maximum atomic E-state index is 5.31. The molecular formula is C19H15NO. The summed E-state index contributed by atoms with van der Waals surface area (Å²) in [6.45, 7) is 0. The second kappa shape index (κ2) is 4.67. The van der Waals surface area contributed by atoms with Gasteiger partial charge in [-0.1, -0.05) is 42.5 Å². The molecular weight excluding hydrogens is 258 g/mol. The number of aromatic amines is 1. The van der Waals surface area contributed by atoms with Gasteiger partial charge in [-0.05, 0) is 35.0 Å². The van der Waals surface area contributed by atoms with Gasteiger partial charge in [-0.15, -0.1) is 0 Å². The predicted molar refractivity (Wildman–Crippen MR) is 87.8 cm³/mol. The van der Waals surface area contributed by atoms with Crippen LogP contribution in [0.15, 0.2) is 66.7 Å². The van der Waals surface area contributed by atoms with Crippen molar-refractivity contribution in [3.63, 3.8) is 0 Å². The van der Waals surface area contributed by atoms with Crippen LogP contribution in [0.2, 0.25) is 0 Å². The van der Waals surface area contributed by atoms with Crippen LogP contribution in [-0.2, 0) is 0 Å². The third-order valence-electron chi connectivity index (χ3n) is 3.91. The molecule has 0 unspecified atom stereocenters. The van der Waals surface area contributed by atoms with Crippen molar-refractivity contribution in [3.05, 3.63) is 66.7 Å². The number of nitrogens with one attached hydrogen (secondary N) is 1. The smallest absolute Gasteiger partial charge is 0.119 e. The lowest BCUT2D eigenvalue weighted by Crippen LogP contribution is -1.83. The normalized spacial score (nSPS) is 11.1. The van der Waals surface area contributed by atoms with E-state index < -0.39 is 0 Å². The number of benzene rings is 3. The first-order valence-electron chi connectivity index (χ1n) is 7.00. The van der Waals surface area contributed by atoms with E-state index in [1.54, 1.807) is 7.11 Å². The lowest BCUT2D eigenvalue weighted by Gasteiger charge is -2.02. The first-order chi connectivity index (χ1) is 10.3. The molecule has 0 aliphatic rings. The van der Waals surface area contributed by atoms with Crippen molar-refractivity contribution in [2.24, 2.45) is 0 Å². The molecule has 102 valence electrons. The first kappa shape index (κ1) is 12.0. The Hall–Kier alpha value is -2.74. The summed E-state index contributed by atoms with van der Waals surface area (Å²) in [6.07, 6.45) is 0. The SMILES string of the molecule is COc1cccc(-c2cc3c(ccc4ccccc43)[nH]2)c1. The van der Waals surface area contributed by atoms with Gasteiger partial charge in [-0.2, -0.15) is 0 Å². The average Bonchev–Trinajstić information content (AvgIpc) is 2.99. The Bertz CT molecular complexity index is 937. The van der Waals surface area contributed by atoms with Gasteiger partial charge in [-0.3, -0.25) is 0 Å². The highest BCUT2D eigenvalue weighted by molar-refractivity contribution is 6.08. The molecule has 21 heavy (non-hydrogen) atoms. The van der Waals surface area contributed by atoms with E-state index in [0.717, 1.165) is 22.5 Å². The summed E-state index contributed by atoms with van der Waals surface area (Å²) in [5.41, 5.74) is 3.40. The lowest BCUT2D eigenvalue weighted by atomic mass is 10.1. The molecule has 4 aromatic rings. The summed E-state index contributed by atoms with van der Waals surface area (Å²) in [4.78, 5) is 3.50. The Morgan fingerprint density at radius 3 is 2.62 bits per heavy atom. The fourth-order valence-electron chi connectivity index (χ4n) is 2.83. The van der Waals surface area contributed by atoms with Gasteiger partial charge in [0.15, 0.2) is 0 Å². The minimum atomic E-state index is 0.871. The van der Waals surface area contributed by atoms with E-state index in [0.29, 0.717) is 0 Å². The van der Waals surface area contributed by atoms with E-state index in [4.69, 9.17) is 4.74 Å². The molecule has 1 N–H and O–H groups in total. The number of hydrogen-bond donors (Lipinski definition) is 1. The zero-order valence-corrected chi connectivity index (χ0v) is 11.8. The minimum absolute atomic E-state index is 0.871. The number of H-pyrrole nitrogens is 1. The van der Waals surface area contributed by atoms with Crippen LogP contribution in [0.3, 0.4) is 0 Å². The number of methoxy groups -OCH3 is 1. The molecule has 0 aliphatic heterocycles. The van der Waals surface area contributed by atoms with Crippen molar-refractivity contribution in [3.8, 4) is 17.0 Å². The molecule has 1 heterocycles. The molecule has 2 nitrogen and oxygen atoms in total. The highest BCUT2D eigenvalue weighted by Gasteiger charge is 2.07. The first-order valence-corrected chi connectivity index (χ1v) is 7.00. The van der Waals surface area contributed by atoms with Gasteiger partial charge < -0.3 is 9.72 Å². The zero-order chi connectivity index (χ0) is 14.2. The maximum Gasteiger partial charge on any atom is 0.119 e. The third-order valence-corrected chi connectivity index (χ3v) is 3.91. The topological polar surface area (TPSA) is 25.0 Å². The Kier molecular flexibility index (Phi) is 2.68. The monoisotopic (exact) mass is 273 g/mol. The van der Waals surface area contributed by atoms with E-state index in [1.807, 2.05) is 18.2 Å². The molecule has 0 atom stereocenters. The highest BCUT2D eigenvalue weighted by atomic mass is 16.5. The maximum absolute atomic E-state index is 5.31. The minimum Gasteiger partial charge on any atom is -0.497 e. The number of aromatic nitrogens is 1. The Balaban J connectivity index is 1.96. The van der Waals surface area contributed by atoms with E-state index in [-0.39, 0.29) is 0 Å². The molecule has 4 rings (SSSR count). The molecule has 0 bridgehead atoms. The van der Waals surface area contributed by atoms with Gasteiger partial charge in [0.1, 0.15) is 5.75 Å². The molecule has 0 fully saturated rings. The van der Waals surface area contributed by atoms with Crippen molar-refractivity contribution in [2.45, 2.75) is 0 Å². The Morgan fingerprint density at radius 2 is 1.71 bits per heavy atom. The van der Waals surface area contributed by atoms with Crippen molar-refractivity contribution in [1.29, 1.82) is 0 Å². The fraction of sp³-hybridized carbons (Fsp3) is 0.0526. The van der Waals surface area contributed by atoms with Gasteiger partial charge in [0, 0.05) is 22.2 Å². The van der Waals surface area contributed by atoms with Crippen LogP contribution in [-0.4, -0.2) is 12.1 Å². The molecule has 3 aromatic carbocycles. The number of hydrogen-bond acceptors (Lipinski definition) is 1. The van der Waals surface area contributed by atoms with Gasteiger partial charge >= 0.3 is 0 Å². The van der Waals surface area contributed by atoms with Crippen molar-refractivity contribution in [1.82, 2.24) is 4.98 Å². The van der Waals surface area contributed by atoms with Crippen molar-refractivity contribution < 1.29 is 4.74 Å².